The Morgan fingerprint density at radius 2 is 2.08 bits per heavy atom. The van der Waals surface area contributed by atoms with Crippen molar-refractivity contribution in [1.82, 2.24) is 10.2 Å². The first kappa shape index (κ1) is 16.7. The van der Waals surface area contributed by atoms with Crippen LogP contribution < -0.4 is 5.32 Å². The van der Waals surface area contributed by atoms with Gasteiger partial charge in [-0.25, -0.2) is 0 Å². The minimum atomic E-state index is 0.107. The third kappa shape index (κ3) is 3.36. The fourth-order valence-corrected chi connectivity index (χ4v) is 3.81. The van der Waals surface area contributed by atoms with E-state index < -0.39 is 0 Å². The monoisotopic (exact) mass is 322 g/mol. The Hall–Kier alpha value is -2.13. The van der Waals surface area contributed by atoms with Gasteiger partial charge in [0.15, 0.2) is 0 Å². The molecule has 1 aliphatic rings. The van der Waals surface area contributed by atoms with Gasteiger partial charge in [-0.05, 0) is 42.6 Å². The van der Waals surface area contributed by atoms with E-state index >= 15 is 0 Å². The van der Waals surface area contributed by atoms with Gasteiger partial charge in [0, 0.05) is 19.0 Å². The molecule has 1 heterocycles. The lowest BCUT2D eigenvalue weighted by atomic mass is 9.98. The van der Waals surface area contributed by atoms with E-state index in [2.05, 4.69) is 66.2 Å². The second kappa shape index (κ2) is 7.63. The zero-order valence-electron chi connectivity index (χ0n) is 14.4. The third-order valence-electron chi connectivity index (χ3n) is 5.01. The maximum absolute atomic E-state index is 12.5. The number of hydrogen-bond donors (Lipinski definition) is 1. The molecule has 1 saturated heterocycles. The quantitative estimate of drug-likeness (QED) is 0.616. The van der Waals surface area contributed by atoms with Crippen molar-refractivity contribution in [2.75, 3.05) is 13.1 Å². The Bertz CT molecular complexity index is 719. The Balaban J connectivity index is 1.81. The second-order valence-corrected chi connectivity index (χ2v) is 6.52. The van der Waals surface area contributed by atoms with Crippen LogP contribution in [0.1, 0.15) is 37.8 Å². The van der Waals surface area contributed by atoms with Gasteiger partial charge in [-0.15, -0.1) is 6.58 Å². The number of nitrogens with one attached hydrogen (secondary N) is 1. The van der Waals surface area contributed by atoms with Crippen molar-refractivity contribution >= 4 is 16.7 Å². The van der Waals surface area contributed by atoms with Gasteiger partial charge >= 0.3 is 0 Å². The maximum Gasteiger partial charge on any atom is 0.223 e. The van der Waals surface area contributed by atoms with Crippen molar-refractivity contribution in [3.05, 3.63) is 60.7 Å². The second-order valence-electron chi connectivity index (χ2n) is 6.52. The molecule has 3 heteroatoms. The maximum atomic E-state index is 12.5. The molecule has 2 aromatic rings. The Morgan fingerprint density at radius 3 is 2.92 bits per heavy atom. The van der Waals surface area contributed by atoms with E-state index in [1.165, 1.54) is 16.3 Å². The number of amides is 1. The molecule has 2 aromatic carbocycles. The minimum absolute atomic E-state index is 0.107. The van der Waals surface area contributed by atoms with E-state index in [1.807, 2.05) is 6.08 Å². The zero-order valence-corrected chi connectivity index (χ0v) is 14.4. The topological polar surface area (TPSA) is 32.3 Å². The van der Waals surface area contributed by atoms with Gasteiger partial charge in [0.1, 0.15) is 0 Å². The summed E-state index contributed by atoms with van der Waals surface area (Å²) in [4.78, 5) is 14.6. The first-order valence-electron chi connectivity index (χ1n) is 8.83. The van der Waals surface area contributed by atoms with Gasteiger partial charge in [-0.1, -0.05) is 48.5 Å². The van der Waals surface area contributed by atoms with Crippen molar-refractivity contribution in [2.24, 2.45) is 0 Å². The van der Waals surface area contributed by atoms with E-state index in [0.29, 0.717) is 12.5 Å². The normalized spacial score (nSPS) is 19.0. The van der Waals surface area contributed by atoms with E-state index in [-0.39, 0.29) is 11.9 Å². The van der Waals surface area contributed by atoms with Crippen molar-refractivity contribution < 1.29 is 4.79 Å². The Labute approximate surface area is 144 Å². The van der Waals surface area contributed by atoms with E-state index in [4.69, 9.17) is 0 Å². The number of carbonyl (C=O) groups excluding carboxylic acids is 1. The van der Waals surface area contributed by atoms with Gasteiger partial charge in [0.25, 0.3) is 0 Å². The molecule has 0 radical (unpaired) electrons. The van der Waals surface area contributed by atoms with Gasteiger partial charge < -0.3 is 10.2 Å². The predicted octanol–water partition coefficient (Wildman–Crippen LogP) is 4.06. The lowest BCUT2D eigenvalue weighted by Gasteiger charge is -2.32. The first-order valence-corrected chi connectivity index (χ1v) is 8.83. The molecule has 0 saturated carbocycles. The van der Waals surface area contributed by atoms with Gasteiger partial charge in [-0.2, -0.15) is 0 Å². The minimum Gasteiger partial charge on any atom is -0.333 e. The summed E-state index contributed by atoms with van der Waals surface area (Å²) >= 11 is 0. The third-order valence-corrected chi connectivity index (χ3v) is 5.01. The number of fused-ring (bicyclic) bond motifs is 1. The lowest BCUT2D eigenvalue weighted by Crippen LogP contribution is -2.37. The molecular formula is C21H26N2O. The molecule has 0 bridgehead atoms. The summed E-state index contributed by atoms with van der Waals surface area (Å²) in [6.45, 7) is 7.63. The van der Waals surface area contributed by atoms with Gasteiger partial charge in [0.2, 0.25) is 5.91 Å². The molecule has 126 valence electrons. The highest BCUT2D eigenvalue weighted by atomic mass is 16.2. The molecule has 1 fully saturated rings. The van der Waals surface area contributed by atoms with Crippen LogP contribution in [0, 0.1) is 0 Å². The van der Waals surface area contributed by atoms with Crippen LogP contribution in [0.25, 0.3) is 10.8 Å². The van der Waals surface area contributed by atoms with E-state index in [1.54, 1.807) is 0 Å². The van der Waals surface area contributed by atoms with Crippen LogP contribution in [-0.4, -0.2) is 29.9 Å². The molecule has 3 nitrogen and oxygen atoms in total. The number of nitrogens with zero attached hydrogens (tertiary/aromatic N) is 1. The van der Waals surface area contributed by atoms with Crippen molar-refractivity contribution in [2.45, 2.75) is 38.3 Å². The number of hydrogen-bond acceptors (Lipinski definition) is 2. The smallest absolute Gasteiger partial charge is 0.223 e. The van der Waals surface area contributed by atoms with E-state index in [0.717, 1.165) is 25.9 Å². The van der Waals surface area contributed by atoms with Crippen LogP contribution in [-0.2, 0) is 4.79 Å². The van der Waals surface area contributed by atoms with Crippen molar-refractivity contribution in [3.8, 4) is 0 Å². The molecule has 1 amide bonds. The first-order chi connectivity index (χ1) is 11.7. The summed E-state index contributed by atoms with van der Waals surface area (Å²) in [6.07, 6.45) is 4.50. The molecule has 0 aliphatic carbocycles. The fourth-order valence-electron chi connectivity index (χ4n) is 3.81. The number of rotatable bonds is 7. The molecule has 24 heavy (non-hydrogen) atoms. The van der Waals surface area contributed by atoms with Crippen LogP contribution in [0.15, 0.2) is 55.1 Å². The summed E-state index contributed by atoms with van der Waals surface area (Å²) in [7, 11) is 0. The lowest BCUT2D eigenvalue weighted by molar-refractivity contribution is -0.131. The van der Waals surface area contributed by atoms with Crippen LogP contribution >= 0.6 is 0 Å². The van der Waals surface area contributed by atoms with Crippen LogP contribution in [0.5, 0.6) is 0 Å². The van der Waals surface area contributed by atoms with E-state index in [9.17, 15) is 4.79 Å². The standard InChI is InChI=1S/C21H26N2O/c1-3-14-22-15-13-18-11-12-21(24)23(18)16(2)19-10-6-8-17-7-4-5-9-20(17)19/h3-10,16,18,22H,1,11-15H2,2H3/t16-,18-/m1/s1. The Morgan fingerprint density at radius 1 is 1.29 bits per heavy atom. The van der Waals surface area contributed by atoms with Gasteiger partial charge in [-0.3, -0.25) is 4.79 Å². The van der Waals surface area contributed by atoms with Crippen LogP contribution in [0.3, 0.4) is 0 Å². The summed E-state index contributed by atoms with van der Waals surface area (Å²) < 4.78 is 0. The van der Waals surface area contributed by atoms with Crippen LogP contribution in [0.4, 0.5) is 0 Å². The van der Waals surface area contributed by atoms with Crippen molar-refractivity contribution in [1.29, 1.82) is 0 Å². The number of likely N-dealkylation sites (tertiary alicyclic amines) is 1. The molecule has 1 N–H and O–H groups in total. The van der Waals surface area contributed by atoms with Crippen LogP contribution in [0.2, 0.25) is 0 Å². The molecule has 1 aliphatic heterocycles. The number of benzene rings is 2. The highest BCUT2D eigenvalue weighted by Gasteiger charge is 2.34. The number of carbonyl (C=O) groups is 1. The SMILES string of the molecule is C=CCNCC[C@H]1CCC(=O)N1[C@H](C)c1cccc2ccccc12. The van der Waals surface area contributed by atoms with Gasteiger partial charge in [0.05, 0.1) is 6.04 Å². The zero-order chi connectivity index (χ0) is 16.9. The Kier molecular flexibility index (Phi) is 5.31. The predicted molar refractivity (Wildman–Crippen MR) is 99.9 cm³/mol. The summed E-state index contributed by atoms with van der Waals surface area (Å²) in [5.74, 6) is 0.282. The highest BCUT2D eigenvalue weighted by molar-refractivity contribution is 5.87. The fraction of sp³-hybridized carbons (Fsp3) is 0.381. The molecule has 0 aromatic heterocycles. The average Bonchev–Trinajstić information content (AvgIpc) is 2.98. The highest BCUT2D eigenvalue weighted by Crippen LogP contribution is 2.34. The van der Waals surface area contributed by atoms with Crippen molar-refractivity contribution in [3.63, 3.8) is 0 Å². The average molecular weight is 322 g/mol. The molecular weight excluding hydrogens is 296 g/mol. The molecule has 0 unspecified atom stereocenters. The summed E-state index contributed by atoms with van der Waals surface area (Å²) in [5.41, 5.74) is 1.24. The summed E-state index contributed by atoms with van der Waals surface area (Å²) in [5, 5.41) is 5.83. The largest absolute Gasteiger partial charge is 0.333 e. The molecule has 0 spiro atoms. The molecule has 3 rings (SSSR count). The summed E-state index contributed by atoms with van der Waals surface area (Å²) in [6, 6.07) is 15.2. The molecule has 2 atom stereocenters.